The minimum Gasteiger partial charge on any atom is -0.388 e. The topological polar surface area (TPSA) is 12.0 Å². The molecule has 0 saturated carbocycles. The fraction of sp³-hybridized carbons (Fsp3) is 0.538. The Hall–Kier alpha value is -0.980. The molecule has 0 aromatic heterocycles. The number of rotatable bonds is 1. The Morgan fingerprint density at radius 3 is 1.29 bits per heavy atom. The lowest BCUT2D eigenvalue weighted by atomic mass is 10.3. The van der Waals surface area contributed by atoms with Crippen molar-refractivity contribution >= 4 is 5.69 Å². The van der Waals surface area contributed by atoms with Crippen LogP contribution in [0.15, 0.2) is 30.3 Å². The van der Waals surface area contributed by atoms with E-state index in [1.165, 1.54) is 0 Å². The molecule has 0 amide bonds. The van der Waals surface area contributed by atoms with Crippen LogP contribution in [-0.4, -0.2) is 7.05 Å². The van der Waals surface area contributed by atoms with E-state index in [2.05, 4.69) is 5.32 Å². The van der Waals surface area contributed by atoms with Crippen LogP contribution in [0.3, 0.4) is 0 Å². The average Bonchev–Trinajstić information content (AvgIpc) is 2.37. The Morgan fingerprint density at radius 2 is 1.07 bits per heavy atom. The SMILES string of the molecule is CC.CC.CC.CNc1ccccc1. The lowest BCUT2D eigenvalue weighted by Gasteiger charge is -1.94. The van der Waals surface area contributed by atoms with Gasteiger partial charge < -0.3 is 5.32 Å². The molecule has 1 nitrogen and oxygen atoms in total. The van der Waals surface area contributed by atoms with Crippen molar-refractivity contribution in [3.63, 3.8) is 0 Å². The van der Waals surface area contributed by atoms with Crippen molar-refractivity contribution in [1.82, 2.24) is 0 Å². The van der Waals surface area contributed by atoms with Crippen molar-refractivity contribution in [3.05, 3.63) is 30.3 Å². The molecule has 0 aliphatic heterocycles. The van der Waals surface area contributed by atoms with Crippen molar-refractivity contribution in [2.75, 3.05) is 12.4 Å². The molecular formula is C13H27N. The molecule has 0 saturated heterocycles. The first-order valence-corrected chi connectivity index (χ1v) is 5.66. The van der Waals surface area contributed by atoms with Gasteiger partial charge in [0, 0.05) is 12.7 Å². The minimum atomic E-state index is 1.16. The summed E-state index contributed by atoms with van der Waals surface area (Å²) in [5.74, 6) is 0. The Balaban J connectivity index is -0.000000174. The predicted molar refractivity (Wildman–Crippen MR) is 70.0 cm³/mol. The molecule has 0 heterocycles. The maximum Gasteiger partial charge on any atom is 0.0337 e. The molecule has 0 atom stereocenters. The van der Waals surface area contributed by atoms with Gasteiger partial charge in [0.1, 0.15) is 0 Å². The largest absolute Gasteiger partial charge is 0.388 e. The summed E-state index contributed by atoms with van der Waals surface area (Å²) in [5.41, 5.74) is 1.16. The van der Waals surface area contributed by atoms with Crippen LogP contribution in [0.2, 0.25) is 0 Å². The second kappa shape index (κ2) is 22.7. The molecule has 0 spiro atoms. The quantitative estimate of drug-likeness (QED) is 0.681. The maximum absolute atomic E-state index is 3.03. The molecule has 84 valence electrons. The van der Waals surface area contributed by atoms with Crippen LogP contribution in [-0.2, 0) is 0 Å². The third-order valence-electron chi connectivity index (χ3n) is 1.06. The molecular weight excluding hydrogens is 170 g/mol. The molecule has 1 aromatic rings. The Kier molecular flexibility index (Phi) is 30.4. The summed E-state index contributed by atoms with van der Waals surface area (Å²) in [7, 11) is 1.91. The lowest BCUT2D eigenvalue weighted by molar-refractivity contribution is 1.50. The first kappa shape index (κ1) is 18.7. The fourth-order valence-corrected chi connectivity index (χ4v) is 0.605. The van der Waals surface area contributed by atoms with Crippen molar-refractivity contribution in [2.45, 2.75) is 41.5 Å². The minimum absolute atomic E-state index is 1.16. The van der Waals surface area contributed by atoms with Crippen molar-refractivity contribution in [1.29, 1.82) is 0 Å². The Bertz CT molecular complexity index is 147. The van der Waals surface area contributed by atoms with Gasteiger partial charge in [-0.05, 0) is 12.1 Å². The van der Waals surface area contributed by atoms with Crippen LogP contribution in [0, 0.1) is 0 Å². The number of hydrogen-bond acceptors (Lipinski definition) is 1. The number of para-hydroxylation sites is 1. The molecule has 0 bridgehead atoms. The van der Waals surface area contributed by atoms with Gasteiger partial charge in [0.05, 0.1) is 0 Å². The Labute approximate surface area is 90.6 Å². The summed E-state index contributed by atoms with van der Waals surface area (Å²) in [6.45, 7) is 12.0. The maximum atomic E-state index is 3.03. The highest BCUT2D eigenvalue weighted by molar-refractivity contribution is 5.41. The summed E-state index contributed by atoms with van der Waals surface area (Å²) in [6, 6.07) is 10.1. The first-order chi connectivity index (χ1) is 6.93. The van der Waals surface area contributed by atoms with Crippen molar-refractivity contribution in [3.8, 4) is 0 Å². The predicted octanol–water partition coefficient (Wildman–Crippen LogP) is 4.81. The molecule has 1 N–H and O–H groups in total. The van der Waals surface area contributed by atoms with Crippen LogP contribution in [0.1, 0.15) is 41.5 Å². The van der Waals surface area contributed by atoms with Crippen LogP contribution < -0.4 is 5.32 Å². The highest BCUT2D eigenvalue weighted by atomic mass is 14.8. The zero-order chi connectivity index (χ0) is 11.8. The summed E-state index contributed by atoms with van der Waals surface area (Å²) in [6.07, 6.45) is 0. The molecule has 0 unspecified atom stereocenters. The first-order valence-electron chi connectivity index (χ1n) is 5.66. The zero-order valence-corrected chi connectivity index (χ0v) is 10.9. The van der Waals surface area contributed by atoms with Gasteiger partial charge in [0.25, 0.3) is 0 Å². The van der Waals surface area contributed by atoms with Gasteiger partial charge in [-0.25, -0.2) is 0 Å². The number of benzene rings is 1. The van der Waals surface area contributed by atoms with E-state index in [1.807, 2.05) is 78.9 Å². The van der Waals surface area contributed by atoms with Crippen LogP contribution in [0.5, 0.6) is 0 Å². The molecule has 0 aliphatic rings. The van der Waals surface area contributed by atoms with E-state index in [0.29, 0.717) is 0 Å². The fourth-order valence-electron chi connectivity index (χ4n) is 0.605. The second-order valence-corrected chi connectivity index (χ2v) is 1.62. The van der Waals surface area contributed by atoms with E-state index in [0.717, 1.165) is 5.69 Å². The van der Waals surface area contributed by atoms with Crippen LogP contribution in [0.25, 0.3) is 0 Å². The van der Waals surface area contributed by atoms with Gasteiger partial charge in [-0.2, -0.15) is 0 Å². The third-order valence-corrected chi connectivity index (χ3v) is 1.06. The van der Waals surface area contributed by atoms with E-state index in [1.54, 1.807) is 0 Å². The molecule has 1 rings (SSSR count). The molecule has 14 heavy (non-hydrogen) atoms. The van der Waals surface area contributed by atoms with Crippen LogP contribution >= 0.6 is 0 Å². The smallest absolute Gasteiger partial charge is 0.0337 e. The van der Waals surface area contributed by atoms with Gasteiger partial charge in [-0.1, -0.05) is 59.7 Å². The van der Waals surface area contributed by atoms with Gasteiger partial charge in [0.2, 0.25) is 0 Å². The number of nitrogens with one attached hydrogen (secondary N) is 1. The molecule has 1 aromatic carbocycles. The number of hydrogen-bond donors (Lipinski definition) is 1. The van der Waals surface area contributed by atoms with Crippen molar-refractivity contribution < 1.29 is 0 Å². The monoisotopic (exact) mass is 197 g/mol. The molecule has 0 fully saturated rings. The van der Waals surface area contributed by atoms with Gasteiger partial charge in [-0.3, -0.25) is 0 Å². The average molecular weight is 197 g/mol. The number of anilines is 1. The molecule has 0 radical (unpaired) electrons. The highest BCUT2D eigenvalue weighted by Gasteiger charge is 1.77. The van der Waals surface area contributed by atoms with Gasteiger partial charge in [-0.15, -0.1) is 0 Å². The second-order valence-electron chi connectivity index (χ2n) is 1.62. The summed E-state index contributed by atoms with van der Waals surface area (Å²) < 4.78 is 0. The zero-order valence-electron chi connectivity index (χ0n) is 10.9. The van der Waals surface area contributed by atoms with E-state index in [9.17, 15) is 0 Å². The molecule has 0 aliphatic carbocycles. The highest BCUT2D eigenvalue weighted by Crippen LogP contribution is 2.01. The third kappa shape index (κ3) is 13.6. The summed E-state index contributed by atoms with van der Waals surface area (Å²) in [5, 5.41) is 3.03. The van der Waals surface area contributed by atoms with E-state index >= 15 is 0 Å². The van der Waals surface area contributed by atoms with E-state index in [4.69, 9.17) is 0 Å². The van der Waals surface area contributed by atoms with Gasteiger partial charge >= 0.3 is 0 Å². The van der Waals surface area contributed by atoms with Gasteiger partial charge in [0.15, 0.2) is 0 Å². The summed E-state index contributed by atoms with van der Waals surface area (Å²) in [4.78, 5) is 0. The normalized spacial score (nSPS) is 6.21. The van der Waals surface area contributed by atoms with E-state index < -0.39 is 0 Å². The van der Waals surface area contributed by atoms with Crippen molar-refractivity contribution in [2.24, 2.45) is 0 Å². The summed E-state index contributed by atoms with van der Waals surface area (Å²) >= 11 is 0. The van der Waals surface area contributed by atoms with E-state index in [-0.39, 0.29) is 0 Å². The lowest BCUT2D eigenvalue weighted by Crippen LogP contribution is -1.84. The molecule has 1 heteroatoms. The standard InChI is InChI=1S/C7H9N.3C2H6/c1-8-7-5-3-2-4-6-7;3*1-2/h2-6,8H,1H3;3*1-2H3. The van der Waals surface area contributed by atoms with Crippen LogP contribution in [0.4, 0.5) is 5.69 Å². The Morgan fingerprint density at radius 1 is 0.714 bits per heavy atom.